The third-order valence-electron chi connectivity index (χ3n) is 4.65. The Morgan fingerprint density at radius 2 is 2.07 bits per heavy atom. The Labute approximate surface area is 161 Å². The van der Waals surface area contributed by atoms with Crippen LogP contribution >= 0.6 is 11.3 Å². The number of aromatic nitrogens is 3. The predicted octanol–water partition coefficient (Wildman–Crippen LogP) is 2.20. The molecule has 0 radical (unpaired) electrons. The van der Waals surface area contributed by atoms with E-state index in [2.05, 4.69) is 31.7 Å². The number of hydrogen-bond acceptors (Lipinski definition) is 7. The molecule has 0 unspecified atom stereocenters. The summed E-state index contributed by atoms with van der Waals surface area (Å²) < 4.78 is 1.18. The average molecular weight is 382 g/mol. The van der Waals surface area contributed by atoms with Crippen LogP contribution in [0.4, 0.5) is 5.82 Å². The highest BCUT2D eigenvalue weighted by atomic mass is 32.1. The van der Waals surface area contributed by atoms with E-state index in [1.54, 1.807) is 23.7 Å². The number of rotatable bonds is 5. The van der Waals surface area contributed by atoms with E-state index in [1.165, 1.54) is 4.70 Å². The molecule has 7 nitrogen and oxygen atoms in total. The first-order chi connectivity index (χ1) is 13.2. The van der Waals surface area contributed by atoms with Gasteiger partial charge in [-0.05, 0) is 38.1 Å². The Bertz CT molecular complexity index is 886. The molecule has 1 aliphatic heterocycles. The van der Waals surface area contributed by atoms with Gasteiger partial charge in [-0.3, -0.25) is 4.79 Å². The van der Waals surface area contributed by atoms with Crippen molar-refractivity contribution in [2.75, 3.05) is 25.0 Å². The largest absolute Gasteiger partial charge is 0.352 e. The van der Waals surface area contributed by atoms with Crippen molar-refractivity contribution in [1.82, 2.24) is 25.6 Å². The van der Waals surface area contributed by atoms with Gasteiger partial charge in [0.2, 0.25) is 0 Å². The minimum atomic E-state index is -0.158. The van der Waals surface area contributed by atoms with Crippen molar-refractivity contribution in [3.8, 4) is 0 Å². The molecule has 4 rings (SSSR count). The van der Waals surface area contributed by atoms with Crippen LogP contribution in [0.3, 0.4) is 0 Å². The molecule has 0 bridgehead atoms. The topological polar surface area (TPSA) is 83.0 Å². The highest BCUT2D eigenvalue weighted by Crippen LogP contribution is 2.23. The number of nitrogens with zero attached hydrogens (tertiary/aromatic N) is 4. The van der Waals surface area contributed by atoms with E-state index in [1.807, 2.05) is 30.1 Å². The number of carbonyl (C=O) groups is 1. The molecule has 3 aromatic rings. The normalized spacial score (nSPS) is 15.0. The van der Waals surface area contributed by atoms with E-state index in [0.29, 0.717) is 18.1 Å². The van der Waals surface area contributed by atoms with Crippen LogP contribution in [-0.2, 0) is 6.54 Å². The first-order valence-electron chi connectivity index (χ1n) is 9.08. The lowest BCUT2D eigenvalue weighted by molar-refractivity contribution is 0.0924. The van der Waals surface area contributed by atoms with E-state index < -0.39 is 0 Å². The predicted molar refractivity (Wildman–Crippen MR) is 107 cm³/mol. The summed E-state index contributed by atoms with van der Waals surface area (Å²) in [6, 6.07) is 8.32. The van der Waals surface area contributed by atoms with Gasteiger partial charge in [-0.2, -0.15) is 0 Å². The smallest absolute Gasteiger partial charge is 0.271 e. The average Bonchev–Trinajstić information content (AvgIpc) is 3.11. The van der Waals surface area contributed by atoms with Crippen molar-refractivity contribution >= 4 is 33.3 Å². The molecule has 0 aliphatic carbocycles. The zero-order valence-electron chi connectivity index (χ0n) is 15.2. The molecular weight excluding hydrogens is 360 g/mol. The maximum absolute atomic E-state index is 12.3. The maximum Gasteiger partial charge on any atom is 0.271 e. The summed E-state index contributed by atoms with van der Waals surface area (Å²) in [6.07, 6.45) is 5.08. The standard InChI is InChI=1S/C19H22N6OS/c1-25(12-18-24-14-4-2-3-5-16(14)27-18)17-11-21-15(10-22-17)19(26)23-13-6-8-20-9-7-13/h2-5,10-11,13,20H,6-9,12H2,1H3,(H,23,26). The Morgan fingerprint density at radius 1 is 1.26 bits per heavy atom. The van der Waals surface area contributed by atoms with Gasteiger partial charge in [0, 0.05) is 13.1 Å². The molecule has 1 saturated heterocycles. The van der Waals surface area contributed by atoms with Crippen LogP contribution < -0.4 is 15.5 Å². The monoisotopic (exact) mass is 382 g/mol. The van der Waals surface area contributed by atoms with Gasteiger partial charge in [0.25, 0.3) is 5.91 Å². The van der Waals surface area contributed by atoms with Gasteiger partial charge in [0.05, 0.1) is 29.2 Å². The maximum atomic E-state index is 12.3. The Balaban J connectivity index is 1.39. The van der Waals surface area contributed by atoms with Crippen LogP contribution in [0, 0.1) is 0 Å². The molecular formula is C19H22N6OS. The van der Waals surface area contributed by atoms with Crippen LogP contribution in [0.15, 0.2) is 36.7 Å². The molecule has 3 heterocycles. The van der Waals surface area contributed by atoms with Gasteiger partial charge in [0.1, 0.15) is 16.5 Å². The fourth-order valence-corrected chi connectivity index (χ4v) is 4.15. The summed E-state index contributed by atoms with van der Waals surface area (Å²) in [5.74, 6) is 0.558. The Morgan fingerprint density at radius 3 is 2.81 bits per heavy atom. The molecule has 1 aromatic carbocycles. The van der Waals surface area contributed by atoms with Crippen molar-refractivity contribution in [2.45, 2.75) is 25.4 Å². The summed E-state index contributed by atoms with van der Waals surface area (Å²) in [5.41, 5.74) is 1.37. The van der Waals surface area contributed by atoms with Gasteiger partial charge in [-0.15, -0.1) is 11.3 Å². The number of nitrogens with one attached hydrogen (secondary N) is 2. The van der Waals surface area contributed by atoms with Crippen LogP contribution in [0.25, 0.3) is 10.2 Å². The third kappa shape index (κ3) is 4.23. The molecule has 27 heavy (non-hydrogen) atoms. The number of thiazole rings is 1. The second-order valence-corrected chi connectivity index (χ2v) is 7.80. The van der Waals surface area contributed by atoms with E-state index in [0.717, 1.165) is 36.5 Å². The number of para-hydroxylation sites is 1. The summed E-state index contributed by atoms with van der Waals surface area (Å²) in [4.78, 5) is 27.7. The van der Waals surface area contributed by atoms with Crippen LogP contribution in [0.5, 0.6) is 0 Å². The second-order valence-electron chi connectivity index (χ2n) is 6.69. The fraction of sp³-hybridized carbons (Fsp3) is 0.368. The molecule has 1 amide bonds. The quantitative estimate of drug-likeness (QED) is 0.704. The minimum Gasteiger partial charge on any atom is -0.352 e. The van der Waals surface area contributed by atoms with Crippen LogP contribution in [0.2, 0.25) is 0 Å². The molecule has 0 saturated carbocycles. The summed E-state index contributed by atoms with van der Waals surface area (Å²) in [5, 5.41) is 7.34. The lowest BCUT2D eigenvalue weighted by Crippen LogP contribution is -2.43. The second kappa shape index (κ2) is 7.98. The van der Waals surface area contributed by atoms with Gasteiger partial charge in [0.15, 0.2) is 0 Å². The molecule has 8 heteroatoms. The van der Waals surface area contributed by atoms with E-state index in [-0.39, 0.29) is 11.9 Å². The summed E-state index contributed by atoms with van der Waals surface area (Å²) in [7, 11) is 1.95. The van der Waals surface area contributed by atoms with Crippen molar-refractivity contribution < 1.29 is 4.79 Å². The lowest BCUT2D eigenvalue weighted by Gasteiger charge is -2.23. The van der Waals surface area contributed by atoms with Gasteiger partial charge in [-0.1, -0.05) is 12.1 Å². The zero-order valence-corrected chi connectivity index (χ0v) is 16.0. The number of piperidine rings is 1. The molecule has 140 valence electrons. The number of hydrogen-bond donors (Lipinski definition) is 2. The summed E-state index contributed by atoms with van der Waals surface area (Å²) in [6.45, 7) is 2.52. The van der Waals surface area contributed by atoms with Gasteiger partial charge < -0.3 is 15.5 Å². The van der Waals surface area contributed by atoms with E-state index in [9.17, 15) is 4.79 Å². The first kappa shape index (κ1) is 17.8. The van der Waals surface area contributed by atoms with Crippen LogP contribution in [0.1, 0.15) is 28.3 Å². The molecule has 1 aliphatic rings. The number of benzene rings is 1. The van der Waals surface area contributed by atoms with Crippen molar-refractivity contribution in [3.63, 3.8) is 0 Å². The van der Waals surface area contributed by atoms with Crippen molar-refractivity contribution in [2.24, 2.45) is 0 Å². The van der Waals surface area contributed by atoms with Gasteiger partial charge >= 0.3 is 0 Å². The molecule has 0 spiro atoms. The third-order valence-corrected chi connectivity index (χ3v) is 5.67. The highest BCUT2D eigenvalue weighted by molar-refractivity contribution is 7.18. The fourth-order valence-electron chi connectivity index (χ4n) is 3.13. The lowest BCUT2D eigenvalue weighted by atomic mass is 10.1. The van der Waals surface area contributed by atoms with Crippen LogP contribution in [-0.4, -0.2) is 47.0 Å². The van der Waals surface area contributed by atoms with E-state index in [4.69, 9.17) is 0 Å². The van der Waals surface area contributed by atoms with Crippen molar-refractivity contribution in [1.29, 1.82) is 0 Å². The molecule has 1 fully saturated rings. The molecule has 2 N–H and O–H groups in total. The SMILES string of the molecule is CN(Cc1nc2ccccc2s1)c1cnc(C(=O)NC2CCNCC2)cn1. The first-order valence-corrected chi connectivity index (χ1v) is 9.90. The van der Waals surface area contributed by atoms with Gasteiger partial charge in [-0.25, -0.2) is 15.0 Å². The number of amides is 1. The highest BCUT2D eigenvalue weighted by Gasteiger charge is 2.17. The number of anilines is 1. The minimum absolute atomic E-state index is 0.158. The molecule has 2 aromatic heterocycles. The zero-order chi connectivity index (χ0) is 18.6. The van der Waals surface area contributed by atoms with E-state index >= 15 is 0 Å². The Hall–Kier alpha value is -2.58. The number of carbonyl (C=O) groups excluding carboxylic acids is 1. The molecule has 0 atom stereocenters. The Kier molecular flexibility index (Phi) is 5.26. The van der Waals surface area contributed by atoms with Crippen molar-refractivity contribution in [3.05, 3.63) is 47.4 Å². The summed E-state index contributed by atoms with van der Waals surface area (Å²) >= 11 is 1.68. The number of fused-ring (bicyclic) bond motifs is 1.